The van der Waals surface area contributed by atoms with Gasteiger partial charge in [0.25, 0.3) is 10.0 Å². The number of benzene rings is 1. The first-order valence-electron chi connectivity index (χ1n) is 5.46. The van der Waals surface area contributed by atoms with Crippen molar-refractivity contribution < 1.29 is 8.42 Å². The van der Waals surface area contributed by atoms with Crippen LogP contribution in [0.5, 0.6) is 0 Å². The molecule has 20 heavy (non-hydrogen) atoms. The Morgan fingerprint density at radius 1 is 1.35 bits per heavy atom. The fourth-order valence-electron chi connectivity index (χ4n) is 1.67. The fourth-order valence-corrected chi connectivity index (χ4v) is 5.53. The van der Waals surface area contributed by atoms with E-state index in [1.807, 2.05) is 0 Å². The van der Waals surface area contributed by atoms with Crippen molar-refractivity contribution in [3.05, 3.63) is 45.7 Å². The first-order chi connectivity index (χ1) is 9.35. The van der Waals surface area contributed by atoms with Crippen LogP contribution in [0.4, 0.5) is 5.69 Å². The van der Waals surface area contributed by atoms with Gasteiger partial charge in [0, 0.05) is 17.1 Å². The molecule has 2 aromatic rings. The Hall–Kier alpha value is -0.960. The maximum atomic E-state index is 12.6. The van der Waals surface area contributed by atoms with Crippen molar-refractivity contribution in [1.29, 1.82) is 0 Å². The monoisotopic (exact) mass is 390 g/mol. The van der Waals surface area contributed by atoms with Crippen molar-refractivity contribution in [2.75, 3.05) is 11.4 Å². The topological polar surface area (TPSA) is 63.4 Å². The van der Waals surface area contributed by atoms with E-state index in [0.29, 0.717) is 15.7 Å². The summed E-state index contributed by atoms with van der Waals surface area (Å²) in [7, 11) is -2.16. The summed E-state index contributed by atoms with van der Waals surface area (Å²) in [6, 6.07) is 8.58. The molecule has 8 heteroatoms. The van der Waals surface area contributed by atoms with Crippen molar-refractivity contribution in [2.45, 2.75) is 4.21 Å². The molecule has 0 atom stereocenters. The lowest BCUT2D eigenvalue weighted by molar-refractivity contribution is 0.596. The average Bonchev–Trinajstić information content (AvgIpc) is 2.84. The van der Waals surface area contributed by atoms with Crippen molar-refractivity contribution in [2.24, 2.45) is 5.73 Å². The molecule has 0 aliphatic carbocycles. The number of nitrogens with zero attached hydrogens (tertiary/aromatic N) is 1. The number of thiophene rings is 1. The van der Waals surface area contributed by atoms with E-state index in [4.69, 9.17) is 18.0 Å². The molecule has 0 radical (unpaired) electrons. The summed E-state index contributed by atoms with van der Waals surface area (Å²) in [4.78, 5) is 0.160. The van der Waals surface area contributed by atoms with Gasteiger partial charge >= 0.3 is 0 Å². The van der Waals surface area contributed by atoms with Crippen LogP contribution in [0, 0.1) is 0 Å². The number of sulfonamides is 1. The van der Waals surface area contributed by atoms with Crippen LogP contribution in [0.3, 0.4) is 0 Å². The molecular formula is C12H11BrN2O2S3. The minimum atomic E-state index is -3.65. The molecule has 1 aromatic carbocycles. The lowest BCUT2D eigenvalue weighted by Gasteiger charge is -2.21. The van der Waals surface area contributed by atoms with Gasteiger partial charge in [-0.1, -0.05) is 24.4 Å². The molecule has 2 N–H and O–H groups in total. The maximum absolute atomic E-state index is 12.6. The van der Waals surface area contributed by atoms with Crippen molar-refractivity contribution >= 4 is 60.2 Å². The highest BCUT2D eigenvalue weighted by atomic mass is 79.9. The Labute approximate surface area is 135 Å². The number of halogens is 1. The second kappa shape index (κ2) is 5.80. The molecule has 0 spiro atoms. The molecule has 2 rings (SSSR count). The minimum absolute atomic E-state index is 0.160. The van der Waals surface area contributed by atoms with Gasteiger partial charge in [-0.2, -0.15) is 0 Å². The largest absolute Gasteiger partial charge is 0.389 e. The molecule has 0 fully saturated rings. The molecule has 0 aliphatic rings. The number of hydrogen-bond acceptors (Lipinski definition) is 4. The van der Waals surface area contributed by atoms with Gasteiger partial charge in [0.2, 0.25) is 0 Å². The summed E-state index contributed by atoms with van der Waals surface area (Å²) in [6.45, 7) is 0. The van der Waals surface area contributed by atoms with Gasteiger partial charge in [-0.3, -0.25) is 4.31 Å². The van der Waals surface area contributed by atoms with E-state index in [0.717, 1.165) is 11.3 Å². The maximum Gasteiger partial charge on any atom is 0.274 e. The number of hydrogen-bond donors (Lipinski definition) is 1. The van der Waals surface area contributed by atoms with Crippen LogP contribution >= 0.6 is 39.5 Å². The third-order valence-electron chi connectivity index (χ3n) is 2.69. The molecule has 0 unspecified atom stereocenters. The van der Waals surface area contributed by atoms with Crippen LogP contribution in [-0.4, -0.2) is 20.5 Å². The van der Waals surface area contributed by atoms with E-state index >= 15 is 0 Å². The van der Waals surface area contributed by atoms with Gasteiger partial charge in [-0.15, -0.1) is 11.3 Å². The Morgan fingerprint density at radius 2 is 2.00 bits per heavy atom. The minimum Gasteiger partial charge on any atom is -0.389 e. The molecular weight excluding hydrogens is 380 g/mol. The smallest absolute Gasteiger partial charge is 0.274 e. The van der Waals surface area contributed by atoms with Crippen molar-refractivity contribution in [1.82, 2.24) is 0 Å². The lowest BCUT2D eigenvalue weighted by atomic mass is 10.2. The summed E-state index contributed by atoms with van der Waals surface area (Å²) in [6.07, 6.45) is 0. The Bertz CT molecular complexity index is 756. The summed E-state index contributed by atoms with van der Waals surface area (Å²) in [5, 5.41) is 1.71. The number of thiocarbonyl (C=S) groups is 1. The van der Waals surface area contributed by atoms with E-state index in [2.05, 4.69) is 15.9 Å². The first kappa shape index (κ1) is 15.4. The average molecular weight is 391 g/mol. The molecule has 0 amide bonds. The number of rotatable bonds is 4. The van der Waals surface area contributed by atoms with Crippen molar-refractivity contribution in [3.63, 3.8) is 0 Å². The fraction of sp³-hybridized carbons (Fsp3) is 0.0833. The predicted octanol–water partition coefficient (Wildman–Crippen LogP) is 2.97. The van der Waals surface area contributed by atoms with Crippen molar-refractivity contribution in [3.8, 4) is 0 Å². The number of nitrogens with two attached hydrogens (primary N) is 1. The van der Waals surface area contributed by atoms with Gasteiger partial charge in [-0.05, 0) is 39.5 Å². The molecule has 1 aromatic heterocycles. The van der Waals surface area contributed by atoms with Gasteiger partial charge < -0.3 is 5.73 Å². The van der Waals surface area contributed by atoms with Gasteiger partial charge in [-0.25, -0.2) is 8.42 Å². The second-order valence-corrected chi connectivity index (χ2v) is 8.28. The van der Waals surface area contributed by atoms with Crippen LogP contribution in [0.25, 0.3) is 0 Å². The van der Waals surface area contributed by atoms with Crippen LogP contribution in [-0.2, 0) is 10.0 Å². The summed E-state index contributed by atoms with van der Waals surface area (Å²) in [5.41, 5.74) is 6.64. The van der Waals surface area contributed by atoms with Gasteiger partial charge in [0.1, 0.15) is 4.99 Å². The normalized spacial score (nSPS) is 11.3. The highest BCUT2D eigenvalue weighted by molar-refractivity contribution is 9.10. The molecule has 0 bridgehead atoms. The van der Waals surface area contributed by atoms with E-state index in [-0.39, 0.29) is 9.20 Å². The third-order valence-corrected chi connectivity index (χ3v) is 7.33. The van der Waals surface area contributed by atoms with Gasteiger partial charge in [0.05, 0.1) is 5.69 Å². The zero-order chi connectivity index (χ0) is 14.9. The molecule has 4 nitrogen and oxygen atoms in total. The molecule has 0 saturated carbocycles. The van der Waals surface area contributed by atoms with Crippen LogP contribution in [0.2, 0.25) is 0 Å². The van der Waals surface area contributed by atoms with Crippen LogP contribution in [0.15, 0.2) is 44.4 Å². The molecule has 0 saturated heterocycles. The predicted molar refractivity (Wildman–Crippen MR) is 89.9 cm³/mol. The SMILES string of the molecule is CN(c1ccccc1C(N)=S)S(=O)(=O)c1sccc1Br. The van der Waals surface area contributed by atoms with E-state index < -0.39 is 10.0 Å². The number of anilines is 1. The van der Waals surface area contributed by atoms with Crippen LogP contribution in [0.1, 0.15) is 5.56 Å². The quantitative estimate of drug-likeness (QED) is 0.814. The van der Waals surface area contributed by atoms with Gasteiger partial charge in [0.15, 0.2) is 4.21 Å². The second-order valence-electron chi connectivity index (χ2n) is 3.91. The zero-order valence-electron chi connectivity index (χ0n) is 10.4. The molecule has 106 valence electrons. The highest BCUT2D eigenvalue weighted by Crippen LogP contribution is 2.33. The third kappa shape index (κ3) is 2.73. The van der Waals surface area contributed by atoms with Crippen LogP contribution < -0.4 is 10.0 Å². The first-order valence-corrected chi connectivity index (χ1v) is 8.98. The number of para-hydroxylation sites is 1. The Morgan fingerprint density at radius 3 is 2.55 bits per heavy atom. The summed E-state index contributed by atoms with van der Waals surface area (Å²) < 4.78 is 27.2. The Kier molecular flexibility index (Phi) is 4.48. The molecule has 0 aliphatic heterocycles. The summed E-state index contributed by atoms with van der Waals surface area (Å²) in [5.74, 6) is 0. The van der Waals surface area contributed by atoms with E-state index in [1.165, 1.54) is 11.4 Å². The molecule has 1 heterocycles. The highest BCUT2D eigenvalue weighted by Gasteiger charge is 2.26. The zero-order valence-corrected chi connectivity index (χ0v) is 14.4. The lowest BCUT2D eigenvalue weighted by Crippen LogP contribution is -2.28. The summed E-state index contributed by atoms with van der Waals surface area (Å²) >= 11 is 9.36. The Balaban J connectivity index is 2.55. The standard InChI is InChI=1S/C12H11BrN2O2S3/c1-15(10-5-3-2-4-8(10)11(14)18)20(16,17)12-9(13)6-7-19-12/h2-7H,1H3,(H2,14,18). The van der Waals surface area contributed by atoms with E-state index in [9.17, 15) is 8.42 Å². The van der Waals surface area contributed by atoms with E-state index in [1.54, 1.807) is 35.7 Å².